The van der Waals surface area contributed by atoms with Crippen molar-refractivity contribution < 1.29 is 39.0 Å². The number of hydrogen-bond acceptors (Lipinski definition) is 9. The third-order valence-corrected chi connectivity index (χ3v) is 5.09. The van der Waals surface area contributed by atoms with Gasteiger partial charge in [0, 0.05) is 36.9 Å². The minimum absolute atomic E-state index is 0.0721. The Morgan fingerprint density at radius 2 is 1.51 bits per heavy atom. The van der Waals surface area contributed by atoms with E-state index >= 15 is 0 Å². The summed E-state index contributed by atoms with van der Waals surface area (Å²) >= 11 is 3.99. The number of primary amides is 1. The molecule has 0 aliphatic rings. The van der Waals surface area contributed by atoms with E-state index < -0.39 is 66.2 Å². The normalized spacial score (nSPS) is 14.1. The van der Waals surface area contributed by atoms with Crippen molar-refractivity contribution in [2.24, 2.45) is 11.5 Å². The quantitative estimate of drug-likeness (QED) is 0.1000. The minimum Gasteiger partial charge on any atom is -0.481 e. The summed E-state index contributed by atoms with van der Waals surface area (Å²) in [7, 11) is 0. The number of amides is 4. The van der Waals surface area contributed by atoms with Crippen LogP contribution < -0.4 is 27.4 Å². The van der Waals surface area contributed by atoms with Crippen LogP contribution in [-0.4, -0.2) is 85.7 Å². The third-order valence-electron chi connectivity index (χ3n) is 4.72. The number of carbonyl (C=O) groups excluding carboxylic acids is 4. The third kappa shape index (κ3) is 10.9. The predicted molar refractivity (Wildman–Crippen MR) is 123 cm³/mol. The second-order valence-electron chi connectivity index (χ2n) is 7.53. The van der Waals surface area contributed by atoms with E-state index in [9.17, 15) is 33.9 Å². The van der Waals surface area contributed by atoms with E-state index in [2.05, 4.69) is 38.5 Å². The van der Waals surface area contributed by atoms with E-state index in [-0.39, 0.29) is 31.4 Å². The van der Waals surface area contributed by atoms with E-state index in [1.807, 2.05) is 0 Å². The first-order valence-corrected chi connectivity index (χ1v) is 11.1. The van der Waals surface area contributed by atoms with Crippen molar-refractivity contribution in [3.63, 3.8) is 0 Å². The molecule has 0 saturated carbocycles. The van der Waals surface area contributed by atoms with Crippen LogP contribution >= 0.6 is 12.6 Å². The zero-order chi connectivity index (χ0) is 26.5. The van der Waals surface area contributed by atoms with Crippen molar-refractivity contribution >= 4 is 48.2 Å². The highest BCUT2D eigenvalue weighted by Crippen LogP contribution is 2.04. The molecule has 16 heteroatoms. The van der Waals surface area contributed by atoms with Crippen LogP contribution in [0.3, 0.4) is 0 Å². The van der Waals surface area contributed by atoms with Crippen LogP contribution in [0.5, 0.6) is 0 Å². The number of nitrogens with two attached hydrogens (primary N) is 2. The number of carbonyl (C=O) groups is 6. The number of aliphatic carboxylic acids is 2. The van der Waals surface area contributed by atoms with E-state index in [4.69, 9.17) is 16.6 Å². The predicted octanol–water partition coefficient (Wildman–Crippen LogP) is -3.12. The van der Waals surface area contributed by atoms with Gasteiger partial charge < -0.3 is 42.6 Å². The molecular formula is C19H29N7O8S. The van der Waals surface area contributed by atoms with Gasteiger partial charge in [-0.1, -0.05) is 0 Å². The lowest BCUT2D eigenvalue weighted by atomic mass is 10.1. The number of carboxylic acid groups (broad SMARTS) is 2. The highest BCUT2D eigenvalue weighted by Gasteiger charge is 2.30. The summed E-state index contributed by atoms with van der Waals surface area (Å²) in [4.78, 5) is 77.6. The number of hydrogen-bond donors (Lipinski definition) is 9. The molecule has 0 aliphatic heterocycles. The van der Waals surface area contributed by atoms with Crippen molar-refractivity contribution in [1.29, 1.82) is 0 Å². The Balaban J connectivity index is 2.85. The zero-order valence-corrected chi connectivity index (χ0v) is 19.5. The van der Waals surface area contributed by atoms with Crippen LogP contribution in [0.25, 0.3) is 0 Å². The fourth-order valence-corrected chi connectivity index (χ4v) is 3.08. The molecule has 0 aliphatic carbocycles. The molecule has 1 aromatic rings. The highest BCUT2D eigenvalue weighted by atomic mass is 32.1. The van der Waals surface area contributed by atoms with Gasteiger partial charge in [0.2, 0.25) is 23.6 Å². The van der Waals surface area contributed by atoms with E-state index in [0.717, 1.165) is 0 Å². The number of nitrogens with one attached hydrogen (secondary N) is 4. The van der Waals surface area contributed by atoms with E-state index in [1.165, 1.54) is 12.5 Å². The number of aromatic nitrogens is 2. The Morgan fingerprint density at radius 3 is 2.03 bits per heavy atom. The second-order valence-corrected chi connectivity index (χ2v) is 7.89. The summed E-state index contributed by atoms with van der Waals surface area (Å²) in [5.41, 5.74) is 11.4. The van der Waals surface area contributed by atoms with Gasteiger partial charge in [0.25, 0.3) is 0 Å². The van der Waals surface area contributed by atoms with Gasteiger partial charge in [0.05, 0.1) is 12.4 Å². The average molecular weight is 516 g/mol. The van der Waals surface area contributed by atoms with E-state index in [0.29, 0.717) is 5.69 Å². The molecule has 0 radical (unpaired) electrons. The molecule has 194 valence electrons. The number of H-pyrrole nitrogens is 1. The minimum atomic E-state index is -1.45. The van der Waals surface area contributed by atoms with Crippen LogP contribution in [-0.2, 0) is 35.2 Å². The van der Waals surface area contributed by atoms with Gasteiger partial charge in [-0.15, -0.1) is 0 Å². The Morgan fingerprint density at radius 1 is 0.943 bits per heavy atom. The lowest BCUT2D eigenvalue weighted by molar-refractivity contribution is -0.142. The van der Waals surface area contributed by atoms with Crippen LogP contribution in [0, 0.1) is 0 Å². The first-order valence-electron chi connectivity index (χ1n) is 10.4. The fourth-order valence-electron chi connectivity index (χ4n) is 2.82. The lowest BCUT2D eigenvalue weighted by Crippen LogP contribution is -2.57. The fraction of sp³-hybridized carbons (Fsp3) is 0.526. The second kappa shape index (κ2) is 14.6. The van der Waals surface area contributed by atoms with Crippen LogP contribution in [0.4, 0.5) is 0 Å². The standard InChI is InChI=1S/C19H29N7O8S/c20-10(5-9-6-22-8-23-9)16(30)24-11(2-4-15(28)29)17(31)26-13(7-35)18(32)25-12(19(33)34)1-3-14(21)27/h6,8,10-13,35H,1-5,7,20H2,(H2,21,27)(H,22,23)(H,24,30)(H,25,32)(H,26,31)(H,28,29)(H,33,34). The summed E-state index contributed by atoms with van der Waals surface area (Å²) in [5, 5.41) is 25.1. The molecule has 35 heavy (non-hydrogen) atoms. The number of carboxylic acids is 2. The molecule has 4 atom stereocenters. The van der Waals surface area contributed by atoms with Crippen molar-refractivity contribution in [2.45, 2.75) is 56.3 Å². The maximum absolute atomic E-state index is 12.8. The first kappa shape index (κ1) is 29.4. The van der Waals surface area contributed by atoms with Crippen molar-refractivity contribution in [1.82, 2.24) is 25.9 Å². The molecule has 0 saturated heterocycles. The van der Waals surface area contributed by atoms with Gasteiger partial charge in [-0.3, -0.25) is 24.0 Å². The van der Waals surface area contributed by atoms with Gasteiger partial charge in [0.1, 0.15) is 18.1 Å². The number of aromatic amines is 1. The molecule has 0 fully saturated rings. The molecular weight excluding hydrogens is 486 g/mol. The summed E-state index contributed by atoms with van der Waals surface area (Å²) < 4.78 is 0. The lowest BCUT2D eigenvalue weighted by Gasteiger charge is -2.24. The maximum atomic E-state index is 12.8. The molecule has 4 amide bonds. The largest absolute Gasteiger partial charge is 0.481 e. The van der Waals surface area contributed by atoms with Gasteiger partial charge >= 0.3 is 11.9 Å². The molecule has 1 aromatic heterocycles. The first-order chi connectivity index (χ1) is 16.4. The molecule has 0 aromatic carbocycles. The zero-order valence-electron chi connectivity index (χ0n) is 18.6. The van der Waals surface area contributed by atoms with Crippen molar-refractivity contribution in [2.75, 3.05) is 5.75 Å². The van der Waals surface area contributed by atoms with Gasteiger partial charge in [-0.05, 0) is 12.8 Å². The molecule has 1 rings (SSSR count). The Bertz CT molecular complexity index is 911. The summed E-state index contributed by atoms with van der Waals surface area (Å²) in [6.45, 7) is 0. The smallest absolute Gasteiger partial charge is 0.326 e. The number of rotatable bonds is 16. The molecule has 0 spiro atoms. The van der Waals surface area contributed by atoms with E-state index in [1.54, 1.807) is 0 Å². The topological polar surface area (TPSA) is 260 Å². The molecule has 10 N–H and O–H groups in total. The summed E-state index contributed by atoms with van der Waals surface area (Å²) in [6.07, 6.45) is 1.59. The Hall–Kier alpha value is -3.66. The number of nitrogens with zero attached hydrogens (tertiary/aromatic N) is 1. The Labute approximate surface area is 205 Å². The van der Waals surface area contributed by atoms with Crippen LogP contribution in [0.2, 0.25) is 0 Å². The van der Waals surface area contributed by atoms with Crippen LogP contribution in [0.1, 0.15) is 31.4 Å². The molecule has 4 unspecified atom stereocenters. The Kier molecular flexibility index (Phi) is 12.2. The number of thiol groups is 1. The summed E-state index contributed by atoms with van der Waals surface area (Å²) in [5.74, 6) is -6.20. The van der Waals surface area contributed by atoms with Gasteiger partial charge in [-0.2, -0.15) is 12.6 Å². The van der Waals surface area contributed by atoms with Gasteiger partial charge in [-0.25, -0.2) is 9.78 Å². The van der Waals surface area contributed by atoms with Crippen molar-refractivity contribution in [3.8, 4) is 0 Å². The molecule has 15 nitrogen and oxygen atoms in total. The monoisotopic (exact) mass is 515 g/mol. The molecule has 0 bridgehead atoms. The number of imidazole rings is 1. The molecule has 1 heterocycles. The maximum Gasteiger partial charge on any atom is 0.326 e. The SMILES string of the molecule is NC(=O)CCC(NC(=O)C(CS)NC(=O)C(CCC(=O)O)NC(=O)C(N)Cc1cnc[nH]1)C(=O)O. The van der Waals surface area contributed by atoms with Crippen molar-refractivity contribution in [3.05, 3.63) is 18.2 Å². The van der Waals surface area contributed by atoms with Crippen LogP contribution in [0.15, 0.2) is 12.5 Å². The summed E-state index contributed by atoms with van der Waals surface area (Å²) in [6, 6.07) is -5.21. The van der Waals surface area contributed by atoms with Gasteiger partial charge in [0.15, 0.2) is 0 Å². The highest BCUT2D eigenvalue weighted by molar-refractivity contribution is 7.80. The average Bonchev–Trinajstić information content (AvgIpc) is 3.29.